The van der Waals surface area contributed by atoms with Crippen LogP contribution in [0.1, 0.15) is 75.3 Å². The lowest BCUT2D eigenvalue weighted by Crippen LogP contribution is -2.25. The van der Waals surface area contributed by atoms with Gasteiger partial charge in [-0.05, 0) is 91.7 Å². The molecule has 0 amide bonds. The minimum absolute atomic E-state index is 0.00734. The van der Waals surface area contributed by atoms with Gasteiger partial charge in [-0.1, -0.05) is 49.8 Å². The second-order valence-electron chi connectivity index (χ2n) is 10.6. The molecule has 3 nitrogen and oxygen atoms in total. The van der Waals surface area contributed by atoms with E-state index in [4.69, 9.17) is 9.47 Å². The zero-order valence-corrected chi connectivity index (χ0v) is 22.7. The quantitative estimate of drug-likeness (QED) is 0.217. The van der Waals surface area contributed by atoms with E-state index in [1.807, 2.05) is 24.3 Å². The van der Waals surface area contributed by atoms with Gasteiger partial charge < -0.3 is 14.6 Å². The van der Waals surface area contributed by atoms with Gasteiger partial charge in [0.2, 0.25) is 5.82 Å². The van der Waals surface area contributed by atoms with Gasteiger partial charge in [0.05, 0.1) is 19.3 Å². The van der Waals surface area contributed by atoms with E-state index >= 15 is 4.39 Å². The first-order valence-corrected chi connectivity index (χ1v) is 14.1. The van der Waals surface area contributed by atoms with E-state index < -0.39 is 17.5 Å². The van der Waals surface area contributed by atoms with Gasteiger partial charge in [0, 0.05) is 5.92 Å². The number of halogens is 3. The van der Waals surface area contributed by atoms with E-state index in [0.717, 1.165) is 49.7 Å². The monoisotopic (exact) mass is 540 g/mol. The van der Waals surface area contributed by atoms with Crippen LogP contribution in [0.15, 0.2) is 61.2 Å². The van der Waals surface area contributed by atoms with Gasteiger partial charge in [-0.15, -0.1) is 6.58 Å². The van der Waals surface area contributed by atoms with E-state index in [1.54, 1.807) is 18.2 Å². The third-order valence-electron chi connectivity index (χ3n) is 7.90. The SMILES string of the molecule is C=CCCOc1ccc(C2=CCC(COc3ccc(C4CCC(C(O)CCC)CC4)c(F)c3F)C=C2)cc1F. The molecule has 0 aliphatic heterocycles. The van der Waals surface area contributed by atoms with Gasteiger partial charge in [0.1, 0.15) is 0 Å². The van der Waals surface area contributed by atoms with E-state index in [1.165, 1.54) is 12.1 Å². The fourth-order valence-corrected chi connectivity index (χ4v) is 5.57. The Bertz CT molecular complexity index is 1180. The van der Waals surface area contributed by atoms with Crippen molar-refractivity contribution in [1.82, 2.24) is 0 Å². The number of aliphatic hydroxyl groups excluding tert-OH is 1. The lowest BCUT2D eigenvalue weighted by Gasteiger charge is -2.32. The molecule has 0 bridgehead atoms. The second kappa shape index (κ2) is 13.9. The van der Waals surface area contributed by atoms with Gasteiger partial charge in [-0.3, -0.25) is 0 Å². The van der Waals surface area contributed by atoms with E-state index in [-0.39, 0.29) is 42.0 Å². The molecular weight excluding hydrogens is 501 g/mol. The lowest BCUT2D eigenvalue weighted by atomic mass is 9.76. The summed E-state index contributed by atoms with van der Waals surface area (Å²) in [5.74, 6) is -1.86. The number of hydrogen-bond donors (Lipinski definition) is 1. The summed E-state index contributed by atoms with van der Waals surface area (Å²) < 4.78 is 55.4. The highest BCUT2D eigenvalue weighted by Crippen LogP contribution is 2.40. The van der Waals surface area contributed by atoms with Gasteiger partial charge in [-0.25, -0.2) is 8.78 Å². The minimum atomic E-state index is -0.942. The number of rotatable bonds is 12. The molecule has 2 aliphatic carbocycles. The first-order chi connectivity index (χ1) is 18.9. The van der Waals surface area contributed by atoms with Crippen LogP contribution < -0.4 is 9.47 Å². The lowest BCUT2D eigenvalue weighted by molar-refractivity contribution is 0.0727. The molecule has 0 saturated heterocycles. The molecule has 0 spiro atoms. The first-order valence-electron chi connectivity index (χ1n) is 14.1. The summed E-state index contributed by atoms with van der Waals surface area (Å²) >= 11 is 0. The average molecular weight is 541 g/mol. The second-order valence-corrected chi connectivity index (χ2v) is 10.6. The molecule has 2 unspecified atom stereocenters. The summed E-state index contributed by atoms with van der Waals surface area (Å²) in [6.45, 7) is 6.27. The number of allylic oxidation sites excluding steroid dienone is 3. The highest BCUT2D eigenvalue weighted by molar-refractivity contribution is 5.75. The van der Waals surface area contributed by atoms with Gasteiger partial charge >= 0.3 is 0 Å². The van der Waals surface area contributed by atoms with Crippen molar-refractivity contribution in [1.29, 1.82) is 0 Å². The fraction of sp³-hybridized carbons (Fsp3) is 0.455. The maximum Gasteiger partial charge on any atom is 0.200 e. The van der Waals surface area contributed by atoms with Crippen molar-refractivity contribution in [2.75, 3.05) is 13.2 Å². The van der Waals surface area contributed by atoms with Crippen molar-refractivity contribution in [3.8, 4) is 11.5 Å². The molecule has 210 valence electrons. The number of ether oxygens (including phenoxy) is 2. The number of aliphatic hydroxyl groups is 1. The summed E-state index contributed by atoms with van der Waals surface area (Å²) in [5, 5.41) is 10.3. The number of hydrogen-bond acceptors (Lipinski definition) is 3. The summed E-state index contributed by atoms with van der Waals surface area (Å²) in [6.07, 6.45) is 13.4. The molecule has 2 atom stereocenters. The van der Waals surface area contributed by atoms with Gasteiger partial charge in [0.25, 0.3) is 0 Å². The van der Waals surface area contributed by atoms with Gasteiger partial charge in [0.15, 0.2) is 23.1 Å². The molecule has 4 rings (SSSR count). The van der Waals surface area contributed by atoms with E-state index in [2.05, 4.69) is 13.5 Å². The largest absolute Gasteiger partial charge is 0.490 e. The molecule has 1 fully saturated rings. The molecule has 2 aromatic carbocycles. The van der Waals surface area contributed by atoms with Crippen molar-refractivity contribution in [3.05, 3.63) is 89.8 Å². The average Bonchev–Trinajstić information content (AvgIpc) is 2.95. The Labute approximate surface area is 230 Å². The van der Waals surface area contributed by atoms with Crippen molar-refractivity contribution in [3.63, 3.8) is 0 Å². The topological polar surface area (TPSA) is 38.7 Å². The predicted octanol–water partition coefficient (Wildman–Crippen LogP) is 8.53. The molecule has 0 aromatic heterocycles. The molecule has 1 saturated carbocycles. The zero-order valence-electron chi connectivity index (χ0n) is 22.7. The van der Waals surface area contributed by atoms with Crippen molar-refractivity contribution >= 4 is 5.57 Å². The fourth-order valence-electron chi connectivity index (χ4n) is 5.57. The van der Waals surface area contributed by atoms with Crippen LogP contribution in [0.25, 0.3) is 5.57 Å². The van der Waals surface area contributed by atoms with Crippen LogP contribution in [0.3, 0.4) is 0 Å². The zero-order chi connectivity index (χ0) is 27.8. The molecule has 39 heavy (non-hydrogen) atoms. The Morgan fingerprint density at radius 1 is 1.03 bits per heavy atom. The van der Waals surface area contributed by atoms with Crippen molar-refractivity contribution < 1.29 is 27.8 Å². The predicted molar refractivity (Wildman–Crippen MR) is 149 cm³/mol. The van der Waals surface area contributed by atoms with Crippen LogP contribution in [0, 0.1) is 29.3 Å². The highest BCUT2D eigenvalue weighted by Gasteiger charge is 2.29. The Balaban J connectivity index is 1.30. The van der Waals surface area contributed by atoms with Crippen molar-refractivity contribution in [2.45, 2.75) is 70.3 Å². The molecule has 2 aromatic rings. The Morgan fingerprint density at radius 2 is 1.79 bits per heavy atom. The summed E-state index contributed by atoms with van der Waals surface area (Å²) in [7, 11) is 0. The first kappa shape index (κ1) is 29.0. The molecular formula is C33H39F3O3. The van der Waals surface area contributed by atoms with Crippen LogP contribution >= 0.6 is 0 Å². The Hall–Kier alpha value is -2.99. The van der Waals surface area contributed by atoms with Crippen LogP contribution in [0.2, 0.25) is 0 Å². The van der Waals surface area contributed by atoms with Crippen molar-refractivity contribution in [2.24, 2.45) is 11.8 Å². The molecule has 1 N–H and O–H groups in total. The van der Waals surface area contributed by atoms with Crippen LogP contribution in [0.4, 0.5) is 13.2 Å². The normalized spacial score (nSPS) is 21.8. The molecule has 6 heteroatoms. The Morgan fingerprint density at radius 3 is 2.46 bits per heavy atom. The molecule has 0 radical (unpaired) electrons. The van der Waals surface area contributed by atoms with E-state index in [0.29, 0.717) is 25.0 Å². The third kappa shape index (κ3) is 7.36. The van der Waals surface area contributed by atoms with Gasteiger partial charge in [-0.2, -0.15) is 4.39 Å². The Kier molecular flexibility index (Phi) is 10.3. The third-order valence-corrected chi connectivity index (χ3v) is 7.90. The summed E-state index contributed by atoms with van der Waals surface area (Å²) in [5.41, 5.74) is 2.04. The van der Waals surface area contributed by atoms with Crippen LogP contribution in [0.5, 0.6) is 11.5 Å². The highest BCUT2D eigenvalue weighted by atomic mass is 19.2. The minimum Gasteiger partial charge on any atom is -0.490 e. The van der Waals surface area contributed by atoms with Crippen LogP contribution in [-0.4, -0.2) is 24.4 Å². The number of benzene rings is 2. The molecule has 0 heterocycles. The maximum absolute atomic E-state index is 15.0. The summed E-state index contributed by atoms with van der Waals surface area (Å²) in [6, 6.07) is 8.07. The van der Waals surface area contributed by atoms with E-state index in [9.17, 15) is 13.9 Å². The maximum atomic E-state index is 15.0. The van der Waals surface area contributed by atoms with Crippen LogP contribution in [-0.2, 0) is 0 Å². The molecule has 2 aliphatic rings. The summed E-state index contributed by atoms with van der Waals surface area (Å²) in [4.78, 5) is 0. The smallest absolute Gasteiger partial charge is 0.200 e. The standard InChI is InChI=1S/C33H39F3O3/c1-3-5-19-38-30-17-15-26(20-28(30)34)23-9-7-22(8-10-23)21-39-31-18-16-27(32(35)33(31)36)24-11-13-25(14-12-24)29(37)6-4-2/h3,7,9-10,15-18,20,22,24-25,29,37H,1,4-6,8,11-14,19,21H2,2H3.